The van der Waals surface area contributed by atoms with E-state index in [1.807, 2.05) is 0 Å². The highest BCUT2D eigenvalue weighted by Crippen LogP contribution is 2.39. The Kier molecular flexibility index (Phi) is 4.21. The van der Waals surface area contributed by atoms with Crippen LogP contribution in [0.4, 0.5) is 10.1 Å². The molecule has 1 aromatic carbocycles. The van der Waals surface area contributed by atoms with Crippen molar-refractivity contribution in [2.45, 2.75) is 42.8 Å². The highest BCUT2D eigenvalue weighted by molar-refractivity contribution is 8.00. The van der Waals surface area contributed by atoms with Gasteiger partial charge in [-0.15, -0.1) is 11.8 Å². The lowest BCUT2D eigenvalue weighted by atomic mass is 9.91. The van der Waals surface area contributed by atoms with E-state index in [0.29, 0.717) is 10.9 Å². The lowest BCUT2D eigenvalue weighted by Gasteiger charge is -2.26. The van der Waals surface area contributed by atoms with Crippen molar-refractivity contribution in [3.8, 4) is 0 Å². The molecule has 2 atom stereocenters. The number of halogens is 2. The molecule has 0 radical (unpaired) electrons. The number of thioether (sulfide) groups is 1. The lowest BCUT2D eigenvalue weighted by Crippen LogP contribution is -2.15. The van der Waals surface area contributed by atoms with Gasteiger partial charge in [0.2, 0.25) is 0 Å². The average Bonchev–Trinajstić information content (AvgIpc) is 2.26. The smallest absolute Gasteiger partial charge is 0.143 e. The highest BCUT2D eigenvalue weighted by atomic mass is 35.5. The Hall–Kier alpha value is -0.410. The third kappa shape index (κ3) is 3.29. The van der Waals surface area contributed by atoms with Crippen LogP contribution < -0.4 is 5.73 Å². The monoisotopic (exact) mass is 273 g/mol. The summed E-state index contributed by atoms with van der Waals surface area (Å²) in [6.45, 7) is 2.29. The fourth-order valence-corrected chi connectivity index (χ4v) is 3.99. The lowest BCUT2D eigenvalue weighted by molar-refractivity contribution is 0.394. The Balaban J connectivity index is 2.10. The van der Waals surface area contributed by atoms with Gasteiger partial charge in [-0.3, -0.25) is 0 Å². The average molecular weight is 274 g/mol. The van der Waals surface area contributed by atoms with Gasteiger partial charge in [0.05, 0.1) is 5.02 Å². The van der Waals surface area contributed by atoms with Gasteiger partial charge < -0.3 is 5.73 Å². The van der Waals surface area contributed by atoms with Crippen LogP contribution in [0.3, 0.4) is 0 Å². The first kappa shape index (κ1) is 13.0. The van der Waals surface area contributed by atoms with Gasteiger partial charge >= 0.3 is 0 Å². The maximum absolute atomic E-state index is 13.2. The summed E-state index contributed by atoms with van der Waals surface area (Å²) in [6, 6.07) is 2.97. The van der Waals surface area contributed by atoms with E-state index in [2.05, 4.69) is 6.92 Å². The maximum atomic E-state index is 13.2. The fourth-order valence-electron chi connectivity index (χ4n) is 2.31. The van der Waals surface area contributed by atoms with Crippen LogP contribution in [-0.2, 0) is 0 Å². The van der Waals surface area contributed by atoms with E-state index < -0.39 is 5.82 Å². The molecular formula is C13H17ClFNS. The first-order chi connectivity index (χ1) is 8.06. The molecule has 1 nitrogen and oxygen atoms in total. The summed E-state index contributed by atoms with van der Waals surface area (Å²) in [5, 5.41) is 0.744. The van der Waals surface area contributed by atoms with E-state index in [1.54, 1.807) is 17.8 Å². The van der Waals surface area contributed by atoms with Gasteiger partial charge in [-0.1, -0.05) is 31.4 Å². The molecule has 2 N–H and O–H groups in total. The normalized spacial score (nSPS) is 24.9. The Morgan fingerprint density at radius 3 is 2.88 bits per heavy atom. The number of hydrogen-bond acceptors (Lipinski definition) is 2. The fraction of sp³-hybridized carbons (Fsp3) is 0.538. The van der Waals surface area contributed by atoms with Gasteiger partial charge in [0, 0.05) is 15.8 Å². The maximum Gasteiger partial charge on any atom is 0.143 e. The number of hydrogen-bond donors (Lipinski definition) is 1. The Labute approximate surface area is 111 Å². The molecule has 1 aromatic rings. The molecular weight excluding hydrogens is 257 g/mol. The summed E-state index contributed by atoms with van der Waals surface area (Å²) >= 11 is 7.53. The molecule has 0 heterocycles. The zero-order chi connectivity index (χ0) is 12.4. The van der Waals surface area contributed by atoms with Crippen LogP contribution in [-0.4, -0.2) is 5.25 Å². The van der Waals surface area contributed by atoms with E-state index in [4.69, 9.17) is 17.3 Å². The summed E-state index contributed by atoms with van der Waals surface area (Å²) in [6.07, 6.45) is 5.01. The van der Waals surface area contributed by atoms with Gasteiger partial charge in [-0.05, 0) is 30.9 Å². The summed E-state index contributed by atoms with van der Waals surface area (Å²) < 4.78 is 13.2. The second-order valence-corrected chi connectivity index (χ2v) is 6.57. The molecule has 2 unspecified atom stereocenters. The number of anilines is 1. The van der Waals surface area contributed by atoms with Crippen LogP contribution in [0.25, 0.3) is 0 Å². The Morgan fingerprint density at radius 2 is 2.18 bits per heavy atom. The number of nitrogens with two attached hydrogens (primary N) is 1. The van der Waals surface area contributed by atoms with E-state index >= 15 is 0 Å². The predicted octanol–water partition coefficient (Wildman–Crippen LogP) is 4.73. The van der Waals surface area contributed by atoms with E-state index in [-0.39, 0.29) is 5.02 Å². The van der Waals surface area contributed by atoms with Crippen molar-refractivity contribution in [1.29, 1.82) is 0 Å². The van der Waals surface area contributed by atoms with Crippen molar-refractivity contribution in [2.24, 2.45) is 5.92 Å². The standard InChI is InChI=1S/C13H17ClFNS/c1-8-3-2-4-9(5-8)17-13-6-10(14)11(15)7-12(13)16/h6-9H,2-5,16H2,1H3. The molecule has 1 aliphatic carbocycles. The van der Waals surface area contributed by atoms with Crippen molar-refractivity contribution >= 4 is 29.1 Å². The molecule has 0 spiro atoms. The summed E-state index contributed by atoms with van der Waals surface area (Å²) in [4.78, 5) is 0.913. The van der Waals surface area contributed by atoms with Crippen molar-refractivity contribution in [2.75, 3.05) is 5.73 Å². The van der Waals surface area contributed by atoms with Crippen LogP contribution in [0.15, 0.2) is 17.0 Å². The van der Waals surface area contributed by atoms with Crippen molar-refractivity contribution in [3.63, 3.8) is 0 Å². The second kappa shape index (κ2) is 5.49. The van der Waals surface area contributed by atoms with Crippen molar-refractivity contribution < 1.29 is 4.39 Å². The third-order valence-corrected chi connectivity index (χ3v) is 4.89. The molecule has 0 aromatic heterocycles. The minimum absolute atomic E-state index is 0.158. The Bertz CT molecular complexity index is 411. The second-order valence-electron chi connectivity index (χ2n) is 4.82. The highest BCUT2D eigenvalue weighted by Gasteiger charge is 2.21. The number of benzene rings is 1. The van der Waals surface area contributed by atoms with E-state index in [1.165, 1.54) is 31.7 Å². The summed E-state index contributed by atoms with van der Waals surface area (Å²) in [7, 11) is 0. The summed E-state index contributed by atoms with van der Waals surface area (Å²) in [5.74, 6) is 0.337. The first-order valence-electron chi connectivity index (χ1n) is 5.97. The molecule has 0 bridgehead atoms. The molecule has 17 heavy (non-hydrogen) atoms. The zero-order valence-electron chi connectivity index (χ0n) is 9.88. The predicted molar refractivity (Wildman–Crippen MR) is 73.1 cm³/mol. The zero-order valence-corrected chi connectivity index (χ0v) is 11.5. The topological polar surface area (TPSA) is 26.0 Å². The molecule has 1 fully saturated rings. The van der Waals surface area contributed by atoms with Crippen LogP contribution in [0, 0.1) is 11.7 Å². The quantitative estimate of drug-likeness (QED) is 0.788. The molecule has 94 valence electrons. The molecule has 1 saturated carbocycles. The van der Waals surface area contributed by atoms with Crippen molar-refractivity contribution in [1.82, 2.24) is 0 Å². The van der Waals surface area contributed by atoms with Gasteiger partial charge in [0.1, 0.15) is 5.82 Å². The third-order valence-electron chi connectivity index (χ3n) is 3.23. The minimum Gasteiger partial charge on any atom is -0.398 e. The molecule has 0 saturated heterocycles. The molecule has 2 rings (SSSR count). The first-order valence-corrected chi connectivity index (χ1v) is 7.23. The molecule has 4 heteroatoms. The molecule has 0 aliphatic heterocycles. The van der Waals surface area contributed by atoms with E-state index in [0.717, 1.165) is 10.8 Å². The number of nitrogen functional groups attached to an aromatic ring is 1. The number of rotatable bonds is 2. The van der Waals surface area contributed by atoms with Gasteiger partial charge in [-0.25, -0.2) is 4.39 Å². The van der Waals surface area contributed by atoms with Crippen LogP contribution >= 0.6 is 23.4 Å². The molecule has 0 amide bonds. The van der Waals surface area contributed by atoms with Gasteiger partial charge in [-0.2, -0.15) is 0 Å². The van der Waals surface area contributed by atoms with Gasteiger partial charge in [0.25, 0.3) is 0 Å². The minimum atomic E-state index is -0.439. The van der Waals surface area contributed by atoms with Crippen LogP contribution in [0.1, 0.15) is 32.6 Å². The van der Waals surface area contributed by atoms with Crippen LogP contribution in [0.5, 0.6) is 0 Å². The summed E-state index contributed by atoms with van der Waals surface area (Å²) in [5.41, 5.74) is 6.32. The van der Waals surface area contributed by atoms with Gasteiger partial charge in [0.15, 0.2) is 0 Å². The largest absolute Gasteiger partial charge is 0.398 e. The Morgan fingerprint density at radius 1 is 1.41 bits per heavy atom. The SMILES string of the molecule is CC1CCCC(Sc2cc(Cl)c(F)cc2N)C1. The molecule has 1 aliphatic rings. The van der Waals surface area contributed by atoms with Crippen molar-refractivity contribution in [3.05, 3.63) is 23.0 Å². The van der Waals surface area contributed by atoms with E-state index in [9.17, 15) is 4.39 Å². The van der Waals surface area contributed by atoms with Crippen LogP contribution in [0.2, 0.25) is 5.02 Å².